The first-order valence-corrected chi connectivity index (χ1v) is 8.26. The van der Waals surface area contributed by atoms with Crippen LogP contribution in [0.15, 0.2) is 0 Å². The molecule has 0 spiro atoms. The number of ether oxygens (including phenoxy) is 1. The molecule has 2 aliphatic rings. The molecule has 1 saturated carbocycles. The summed E-state index contributed by atoms with van der Waals surface area (Å²) in [7, 11) is 0. The minimum Gasteiger partial charge on any atom is -0.375 e. The molecule has 2 nitrogen and oxygen atoms in total. The van der Waals surface area contributed by atoms with Gasteiger partial charge in [0, 0.05) is 23.9 Å². The maximum atomic E-state index is 5.90. The van der Waals surface area contributed by atoms with Crippen LogP contribution in [0.5, 0.6) is 0 Å². The Labute approximate surface area is 110 Å². The van der Waals surface area contributed by atoms with Crippen LogP contribution in [-0.4, -0.2) is 35.8 Å². The quantitative estimate of drug-likeness (QED) is 0.817. The second-order valence-corrected chi connectivity index (χ2v) is 7.24. The van der Waals surface area contributed by atoms with E-state index in [9.17, 15) is 0 Å². The van der Waals surface area contributed by atoms with E-state index in [1.54, 1.807) is 0 Å². The minimum absolute atomic E-state index is 0.113. The van der Waals surface area contributed by atoms with Crippen molar-refractivity contribution in [3.8, 4) is 0 Å². The lowest BCUT2D eigenvalue weighted by Crippen LogP contribution is -2.51. The Bertz CT molecular complexity index is 249. The van der Waals surface area contributed by atoms with Gasteiger partial charge in [0.05, 0.1) is 5.60 Å². The van der Waals surface area contributed by atoms with Crippen LogP contribution in [0.25, 0.3) is 0 Å². The molecule has 0 aromatic carbocycles. The van der Waals surface area contributed by atoms with Crippen molar-refractivity contribution in [1.29, 1.82) is 0 Å². The number of thioether (sulfide) groups is 1. The maximum absolute atomic E-state index is 5.90. The molecule has 0 aromatic rings. The third kappa shape index (κ3) is 3.18. The van der Waals surface area contributed by atoms with Gasteiger partial charge in [0.2, 0.25) is 0 Å². The fraction of sp³-hybridized carbons (Fsp3) is 1.00. The average Bonchev–Trinajstić information content (AvgIpc) is 2.29. The van der Waals surface area contributed by atoms with Crippen LogP contribution in [0.1, 0.15) is 52.4 Å². The molecule has 1 N–H and O–H groups in total. The Kier molecular flexibility index (Phi) is 4.43. The summed E-state index contributed by atoms with van der Waals surface area (Å²) < 4.78 is 6.45. The molecule has 0 radical (unpaired) electrons. The molecule has 0 amide bonds. The second-order valence-electron chi connectivity index (χ2n) is 5.96. The molecule has 2 atom stereocenters. The van der Waals surface area contributed by atoms with Crippen LogP contribution >= 0.6 is 11.8 Å². The van der Waals surface area contributed by atoms with E-state index in [1.165, 1.54) is 38.6 Å². The van der Waals surface area contributed by atoms with Gasteiger partial charge in [-0.15, -0.1) is 0 Å². The summed E-state index contributed by atoms with van der Waals surface area (Å²) in [5.74, 6) is 0. The van der Waals surface area contributed by atoms with Gasteiger partial charge in [0.15, 0.2) is 0 Å². The molecule has 1 aliphatic carbocycles. The van der Waals surface area contributed by atoms with E-state index in [0.29, 0.717) is 10.8 Å². The van der Waals surface area contributed by atoms with E-state index in [4.69, 9.17) is 4.74 Å². The van der Waals surface area contributed by atoms with Crippen LogP contribution in [0.4, 0.5) is 0 Å². The van der Waals surface area contributed by atoms with E-state index in [1.807, 2.05) is 0 Å². The molecule has 3 heteroatoms. The van der Waals surface area contributed by atoms with E-state index < -0.39 is 0 Å². The zero-order chi connectivity index (χ0) is 12.4. The molecule has 1 saturated heterocycles. The Hall–Kier alpha value is 0.270. The fourth-order valence-electron chi connectivity index (χ4n) is 2.90. The van der Waals surface area contributed by atoms with Gasteiger partial charge in [0.1, 0.15) is 0 Å². The lowest BCUT2D eigenvalue weighted by Gasteiger charge is -2.44. The highest BCUT2D eigenvalue weighted by molar-refractivity contribution is 8.00. The number of nitrogens with one attached hydrogen (secondary N) is 1. The van der Waals surface area contributed by atoms with Crippen LogP contribution in [0, 0.1) is 0 Å². The minimum atomic E-state index is 0.113. The normalized spacial score (nSPS) is 36.5. The standard InChI is InChI=1S/C14H27NOS/c1-4-13(2)10-12(6-9-16-13)15-11-14(17-3)7-5-8-14/h12,15H,4-11H2,1-3H3. The van der Waals surface area contributed by atoms with Gasteiger partial charge in [-0.3, -0.25) is 0 Å². The van der Waals surface area contributed by atoms with Crippen molar-refractivity contribution >= 4 is 11.8 Å². The van der Waals surface area contributed by atoms with Gasteiger partial charge in [-0.2, -0.15) is 11.8 Å². The van der Waals surface area contributed by atoms with Crippen LogP contribution in [0.2, 0.25) is 0 Å². The zero-order valence-electron chi connectivity index (χ0n) is 11.6. The molecule has 0 bridgehead atoms. The molecular weight excluding hydrogens is 230 g/mol. The molecule has 2 rings (SSSR count). The highest BCUT2D eigenvalue weighted by Crippen LogP contribution is 2.42. The van der Waals surface area contributed by atoms with Crippen molar-refractivity contribution in [2.24, 2.45) is 0 Å². The SMILES string of the molecule is CCC1(C)CC(NCC2(SC)CCC2)CCO1. The highest BCUT2D eigenvalue weighted by Gasteiger charge is 2.38. The van der Waals surface area contributed by atoms with Gasteiger partial charge in [0.25, 0.3) is 0 Å². The van der Waals surface area contributed by atoms with Crippen molar-refractivity contribution in [1.82, 2.24) is 5.32 Å². The molecular formula is C14H27NOS. The third-order valence-electron chi connectivity index (χ3n) is 4.75. The molecule has 100 valence electrons. The summed E-state index contributed by atoms with van der Waals surface area (Å²) in [5, 5.41) is 3.80. The highest BCUT2D eigenvalue weighted by atomic mass is 32.2. The molecule has 1 aliphatic heterocycles. The summed E-state index contributed by atoms with van der Waals surface area (Å²) in [4.78, 5) is 0. The molecule has 17 heavy (non-hydrogen) atoms. The van der Waals surface area contributed by atoms with Crippen molar-refractivity contribution in [2.75, 3.05) is 19.4 Å². The molecule has 0 aromatic heterocycles. The van der Waals surface area contributed by atoms with Crippen LogP contribution in [0.3, 0.4) is 0 Å². The Morgan fingerprint density at radius 2 is 2.18 bits per heavy atom. The van der Waals surface area contributed by atoms with Crippen molar-refractivity contribution in [3.63, 3.8) is 0 Å². The Morgan fingerprint density at radius 3 is 2.71 bits per heavy atom. The first-order valence-electron chi connectivity index (χ1n) is 7.04. The van der Waals surface area contributed by atoms with E-state index in [-0.39, 0.29) is 5.60 Å². The summed E-state index contributed by atoms with van der Waals surface area (Å²) in [6, 6.07) is 0.665. The Balaban J connectivity index is 1.79. The van der Waals surface area contributed by atoms with Gasteiger partial charge in [-0.25, -0.2) is 0 Å². The first kappa shape index (κ1) is 13.7. The number of hydrogen-bond donors (Lipinski definition) is 1. The maximum Gasteiger partial charge on any atom is 0.0666 e. The summed E-state index contributed by atoms with van der Waals surface area (Å²) >= 11 is 2.06. The smallest absolute Gasteiger partial charge is 0.0666 e. The largest absolute Gasteiger partial charge is 0.375 e. The topological polar surface area (TPSA) is 21.3 Å². The average molecular weight is 257 g/mol. The van der Waals surface area contributed by atoms with Gasteiger partial charge >= 0.3 is 0 Å². The lowest BCUT2D eigenvalue weighted by molar-refractivity contribution is -0.0782. The lowest BCUT2D eigenvalue weighted by atomic mass is 9.83. The predicted molar refractivity (Wildman–Crippen MR) is 75.8 cm³/mol. The summed E-state index contributed by atoms with van der Waals surface area (Å²) in [6.45, 7) is 6.61. The van der Waals surface area contributed by atoms with Gasteiger partial charge in [-0.05, 0) is 45.3 Å². The second kappa shape index (κ2) is 5.50. The van der Waals surface area contributed by atoms with Crippen molar-refractivity contribution < 1.29 is 4.74 Å². The molecule has 1 heterocycles. The Morgan fingerprint density at radius 1 is 1.41 bits per heavy atom. The van der Waals surface area contributed by atoms with Gasteiger partial charge < -0.3 is 10.1 Å². The summed E-state index contributed by atoms with van der Waals surface area (Å²) in [6.07, 6.45) is 9.96. The van der Waals surface area contributed by atoms with E-state index in [0.717, 1.165) is 13.0 Å². The van der Waals surface area contributed by atoms with Crippen LogP contribution in [-0.2, 0) is 4.74 Å². The monoisotopic (exact) mass is 257 g/mol. The fourth-order valence-corrected chi connectivity index (χ4v) is 3.83. The van der Waals surface area contributed by atoms with Crippen molar-refractivity contribution in [3.05, 3.63) is 0 Å². The number of rotatable bonds is 5. The van der Waals surface area contributed by atoms with Crippen LogP contribution < -0.4 is 5.32 Å². The number of hydrogen-bond acceptors (Lipinski definition) is 3. The van der Waals surface area contributed by atoms with Crippen molar-refractivity contribution in [2.45, 2.75) is 68.8 Å². The van der Waals surface area contributed by atoms with Gasteiger partial charge in [-0.1, -0.05) is 13.3 Å². The van der Waals surface area contributed by atoms with E-state index in [2.05, 4.69) is 37.2 Å². The zero-order valence-corrected chi connectivity index (χ0v) is 12.4. The third-order valence-corrected chi connectivity index (χ3v) is 6.17. The van der Waals surface area contributed by atoms with E-state index >= 15 is 0 Å². The predicted octanol–water partition coefficient (Wildman–Crippen LogP) is 3.21. The summed E-state index contributed by atoms with van der Waals surface area (Å²) in [5.41, 5.74) is 0.113. The first-order chi connectivity index (χ1) is 8.11. The molecule has 2 fully saturated rings. The molecule has 2 unspecified atom stereocenters.